The van der Waals surface area contributed by atoms with Gasteiger partial charge < -0.3 is 10.5 Å². The highest BCUT2D eigenvalue weighted by Gasteiger charge is 2.09. The van der Waals surface area contributed by atoms with Crippen LogP contribution in [0.25, 0.3) is 0 Å². The number of carbonyl (C=O) groups excluding carboxylic acids is 1. The van der Waals surface area contributed by atoms with E-state index >= 15 is 0 Å². The molecule has 2 N–H and O–H groups in total. The molecule has 0 radical (unpaired) electrons. The minimum atomic E-state index is -0.414. The molecule has 0 aromatic heterocycles. The SMILES string of the molecule is CC(=O)Oc1cc(CCN)c([18F])cc1C. The summed E-state index contributed by atoms with van der Waals surface area (Å²) < 4.78 is 18.3. The zero-order valence-corrected chi connectivity index (χ0v) is 8.84. The highest BCUT2D eigenvalue weighted by molar-refractivity contribution is 5.69. The van der Waals surface area contributed by atoms with Gasteiger partial charge in [-0.05, 0) is 43.1 Å². The van der Waals surface area contributed by atoms with Crippen molar-refractivity contribution < 1.29 is 13.9 Å². The lowest BCUT2D eigenvalue weighted by molar-refractivity contribution is -0.131. The molecule has 0 atom stereocenters. The summed E-state index contributed by atoms with van der Waals surface area (Å²) in [5, 5.41) is 0. The van der Waals surface area contributed by atoms with E-state index in [1.165, 1.54) is 19.1 Å². The molecule has 0 spiro atoms. The number of carbonyl (C=O) groups is 1. The third kappa shape index (κ3) is 3.02. The Hall–Kier alpha value is -1.42. The van der Waals surface area contributed by atoms with E-state index in [-0.39, 0.29) is 5.82 Å². The average Bonchev–Trinajstić information content (AvgIpc) is 2.12. The van der Waals surface area contributed by atoms with Crippen molar-refractivity contribution in [3.05, 3.63) is 29.1 Å². The first-order chi connectivity index (χ1) is 7.04. The summed E-state index contributed by atoms with van der Waals surface area (Å²) in [4.78, 5) is 10.8. The van der Waals surface area contributed by atoms with Crippen LogP contribution in [0.4, 0.5) is 4.39 Å². The van der Waals surface area contributed by atoms with E-state index in [4.69, 9.17) is 10.5 Å². The van der Waals surface area contributed by atoms with E-state index in [1.807, 2.05) is 0 Å². The third-order valence-corrected chi connectivity index (χ3v) is 2.01. The first-order valence-electron chi connectivity index (χ1n) is 4.72. The first kappa shape index (κ1) is 11.7. The number of esters is 1. The van der Waals surface area contributed by atoms with Crippen molar-refractivity contribution >= 4 is 5.97 Å². The van der Waals surface area contributed by atoms with Crippen molar-refractivity contribution in [3.63, 3.8) is 0 Å². The Morgan fingerprint density at radius 2 is 2.20 bits per heavy atom. The van der Waals surface area contributed by atoms with Gasteiger partial charge in [0.05, 0.1) is 0 Å². The number of rotatable bonds is 3. The van der Waals surface area contributed by atoms with E-state index in [0.29, 0.717) is 29.8 Å². The molecule has 0 bridgehead atoms. The lowest BCUT2D eigenvalue weighted by Crippen LogP contribution is -2.07. The highest BCUT2D eigenvalue weighted by atomic mass is 18.2. The zero-order chi connectivity index (χ0) is 11.4. The number of halogens is 1. The van der Waals surface area contributed by atoms with Crippen LogP contribution in [0.3, 0.4) is 0 Å². The molecular formula is C11H14FNO2. The summed E-state index contributed by atoms with van der Waals surface area (Å²) in [6.07, 6.45) is 0.431. The van der Waals surface area contributed by atoms with Gasteiger partial charge in [0.25, 0.3) is 0 Å². The van der Waals surface area contributed by atoms with Crippen LogP contribution in [0.15, 0.2) is 12.1 Å². The maximum absolute atomic E-state index is 13.4. The van der Waals surface area contributed by atoms with Gasteiger partial charge in [-0.1, -0.05) is 0 Å². The molecule has 4 heteroatoms. The van der Waals surface area contributed by atoms with Crippen molar-refractivity contribution in [1.29, 1.82) is 0 Å². The van der Waals surface area contributed by atoms with E-state index in [1.54, 1.807) is 6.92 Å². The second-order valence-electron chi connectivity index (χ2n) is 3.34. The molecule has 0 saturated carbocycles. The summed E-state index contributed by atoms with van der Waals surface area (Å²) in [7, 11) is 0. The average molecular weight is 210 g/mol. The topological polar surface area (TPSA) is 52.3 Å². The Bertz CT molecular complexity index is 377. The fourth-order valence-corrected chi connectivity index (χ4v) is 1.31. The van der Waals surface area contributed by atoms with Gasteiger partial charge in [-0.15, -0.1) is 0 Å². The van der Waals surface area contributed by atoms with Gasteiger partial charge in [-0.2, -0.15) is 0 Å². The minimum Gasteiger partial charge on any atom is -0.426 e. The van der Waals surface area contributed by atoms with Gasteiger partial charge in [0, 0.05) is 6.92 Å². The van der Waals surface area contributed by atoms with Gasteiger partial charge in [0.15, 0.2) is 0 Å². The number of hydrogen-bond donors (Lipinski definition) is 1. The van der Waals surface area contributed by atoms with E-state index in [0.717, 1.165) is 0 Å². The van der Waals surface area contributed by atoms with Crippen molar-refractivity contribution in [1.82, 2.24) is 0 Å². The van der Waals surface area contributed by atoms with Crippen molar-refractivity contribution in [2.24, 2.45) is 5.73 Å². The molecule has 1 aromatic rings. The number of nitrogens with two attached hydrogens (primary N) is 1. The predicted octanol–water partition coefficient (Wildman–Crippen LogP) is 1.56. The quantitative estimate of drug-likeness (QED) is 0.608. The van der Waals surface area contributed by atoms with Crippen LogP contribution in [0.1, 0.15) is 18.1 Å². The van der Waals surface area contributed by atoms with E-state index in [9.17, 15) is 9.18 Å². The summed E-state index contributed by atoms with van der Waals surface area (Å²) in [5.41, 5.74) is 6.42. The van der Waals surface area contributed by atoms with Gasteiger partial charge in [-0.3, -0.25) is 4.79 Å². The number of ether oxygens (including phenoxy) is 1. The third-order valence-electron chi connectivity index (χ3n) is 2.01. The fraction of sp³-hybridized carbons (Fsp3) is 0.364. The predicted molar refractivity (Wildman–Crippen MR) is 55.2 cm³/mol. The molecule has 0 unspecified atom stereocenters. The monoisotopic (exact) mass is 210 g/mol. The second-order valence-corrected chi connectivity index (χ2v) is 3.34. The minimum absolute atomic E-state index is 0.311. The Morgan fingerprint density at radius 3 is 2.73 bits per heavy atom. The lowest BCUT2D eigenvalue weighted by Gasteiger charge is -2.08. The molecule has 0 aliphatic heterocycles. The normalized spacial score (nSPS) is 10.1. The fourth-order valence-electron chi connectivity index (χ4n) is 1.31. The van der Waals surface area contributed by atoms with Crippen molar-refractivity contribution in [2.75, 3.05) is 6.54 Å². The molecular weight excluding hydrogens is 196 g/mol. The van der Waals surface area contributed by atoms with Crippen LogP contribution >= 0.6 is 0 Å². The number of hydrogen-bond acceptors (Lipinski definition) is 3. The molecule has 0 aliphatic carbocycles. The van der Waals surface area contributed by atoms with E-state index < -0.39 is 5.97 Å². The molecule has 15 heavy (non-hydrogen) atoms. The Labute approximate surface area is 88.0 Å². The molecule has 1 aromatic carbocycles. The Balaban J connectivity index is 3.05. The van der Waals surface area contributed by atoms with Gasteiger partial charge >= 0.3 is 5.97 Å². The molecule has 3 nitrogen and oxygen atoms in total. The van der Waals surface area contributed by atoms with Crippen LogP contribution in [0.2, 0.25) is 0 Å². The zero-order valence-electron chi connectivity index (χ0n) is 8.84. The first-order valence-corrected chi connectivity index (χ1v) is 4.72. The molecule has 82 valence electrons. The molecule has 1 rings (SSSR count). The Kier molecular flexibility index (Phi) is 3.80. The smallest absolute Gasteiger partial charge is 0.308 e. The van der Waals surface area contributed by atoms with Crippen LogP contribution in [-0.4, -0.2) is 12.5 Å². The maximum atomic E-state index is 13.4. The van der Waals surface area contributed by atoms with E-state index in [2.05, 4.69) is 0 Å². The molecule has 0 fully saturated rings. The number of benzene rings is 1. The Morgan fingerprint density at radius 1 is 1.53 bits per heavy atom. The van der Waals surface area contributed by atoms with Gasteiger partial charge in [0.1, 0.15) is 11.6 Å². The maximum Gasteiger partial charge on any atom is 0.308 e. The lowest BCUT2D eigenvalue weighted by atomic mass is 10.1. The molecule has 0 heterocycles. The summed E-state index contributed by atoms with van der Waals surface area (Å²) >= 11 is 0. The van der Waals surface area contributed by atoms with Crippen LogP contribution in [0.5, 0.6) is 5.75 Å². The van der Waals surface area contributed by atoms with Crippen LogP contribution in [0, 0.1) is 12.7 Å². The molecule has 0 saturated heterocycles. The van der Waals surface area contributed by atoms with Crippen molar-refractivity contribution in [2.45, 2.75) is 20.3 Å². The summed E-state index contributed by atoms with van der Waals surface area (Å²) in [6.45, 7) is 3.36. The number of aryl methyl sites for hydroxylation is 1. The molecule has 0 aliphatic rings. The highest BCUT2D eigenvalue weighted by Crippen LogP contribution is 2.22. The largest absolute Gasteiger partial charge is 0.426 e. The van der Waals surface area contributed by atoms with Crippen LogP contribution in [-0.2, 0) is 11.2 Å². The van der Waals surface area contributed by atoms with Crippen molar-refractivity contribution in [3.8, 4) is 5.75 Å². The van der Waals surface area contributed by atoms with Gasteiger partial charge in [0.2, 0.25) is 0 Å². The molecule has 0 amide bonds. The van der Waals surface area contributed by atoms with Crippen LogP contribution < -0.4 is 10.5 Å². The summed E-state index contributed by atoms with van der Waals surface area (Å²) in [5.74, 6) is -0.329. The summed E-state index contributed by atoms with van der Waals surface area (Å²) in [6, 6.07) is 2.88. The standard InChI is InChI=1S/C11H14FNO2/c1-7-5-10(12)9(3-4-13)6-11(7)15-8(2)14/h5-6H,3-4,13H2,1-2H3/i12-1. The second kappa shape index (κ2) is 4.89. The van der Waals surface area contributed by atoms with Gasteiger partial charge in [-0.25, -0.2) is 4.39 Å².